The normalized spacial score (nSPS) is 22.8. The molecule has 31 heavy (non-hydrogen) atoms. The second-order valence-electron chi connectivity index (χ2n) is 7.35. The van der Waals surface area contributed by atoms with E-state index in [0.717, 1.165) is 9.37 Å². The van der Waals surface area contributed by atoms with Gasteiger partial charge >= 0.3 is 0 Å². The number of para-hydroxylation sites is 1. The number of amides is 2. The van der Waals surface area contributed by atoms with Crippen molar-refractivity contribution in [2.75, 3.05) is 9.96 Å². The Kier molecular flexibility index (Phi) is 4.97. The first-order valence-electron chi connectivity index (χ1n) is 9.58. The molecule has 0 bridgehead atoms. The maximum Gasteiger partial charge on any atom is 0.266 e. The Morgan fingerprint density at radius 3 is 2.32 bits per heavy atom. The molecule has 5 rings (SSSR count). The van der Waals surface area contributed by atoms with Gasteiger partial charge in [0.25, 0.3) is 5.91 Å². The molecule has 2 aliphatic rings. The number of anilines is 2. The number of phenolic OH excluding ortho intramolecular Hbond substituents is 1. The molecule has 0 aromatic heterocycles. The Morgan fingerprint density at radius 1 is 0.903 bits per heavy atom. The Labute approximate surface area is 191 Å². The average molecular weight is 500 g/mol. The Hall–Kier alpha value is -2.87. The van der Waals surface area contributed by atoms with Gasteiger partial charge in [-0.05, 0) is 54.6 Å². The molecule has 3 aromatic carbocycles. The van der Waals surface area contributed by atoms with Gasteiger partial charge in [0.1, 0.15) is 11.7 Å². The lowest BCUT2D eigenvalue weighted by atomic mass is 9.90. The van der Waals surface area contributed by atoms with E-state index >= 15 is 0 Å². The van der Waals surface area contributed by atoms with Crippen LogP contribution in [0.5, 0.6) is 5.75 Å². The Bertz CT molecular complexity index is 1170. The number of imide groups is 1. The Morgan fingerprint density at radius 2 is 1.61 bits per heavy atom. The van der Waals surface area contributed by atoms with Crippen LogP contribution in [0.1, 0.15) is 11.6 Å². The maximum atomic E-state index is 13.5. The van der Waals surface area contributed by atoms with Gasteiger partial charge in [-0.1, -0.05) is 45.7 Å². The van der Waals surface area contributed by atoms with Crippen LogP contribution in [-0.2, 0) is 14.4 Å². The monoisotopic (exact) mass is 498 g/mol. The minimum absolute atomic E-state index is 0.0172. The summed E-state index contributed by atoms with van der Waals surface area (Å²) in [6, 6.07) is 20.0. The van der Waals surface area contributed by atoms with Gasteiger partial charge in [-0.3, -0.25) is 14.4 Å². The molecule has 0 unspecified atom stereocenters. The standard InChI is InChI=1S/C23H16BrClN2O4/c24-13-6-11-18(28)17(12-13)20-19-21(31-27(20)16-4-2-1-3-5-16)23(30)26(22(19)29)15-9-7-14(25)8-10-15/h1-12,19-21,28H/t19-,20+,21+/m0/s1. The number of fused-ring (bicyclic) bond motifs is 1. The van der Waals surface area contributed by atoms with Crippen LogP contribution in [0.25, 0.3) is 0 Å². The Balaban J connectivity index is 1.62. The average Bonchev–Trinajstić information content (AvgIpc) is 3.28. The maximum absolute atomic E-state index is 13.5. The molecular formula is C23H16BrClN2O4. The van der Waals surface area contributed by atoms with Crippen LogP contribution in [0.15, 0.2) is 77.3 Å². The highest BCUT2D eigenvalue weighted by atomic mass is 79.9. The number of benzene rings is 3. The van der Waals surface area contributed by atoms with Crippen molar-refractivity contribution in [1.82, 2.24) is 0 Å². The number of hydrogen-bond donors (Lipinski definition) is 1. The molecule has 2 aliphatic heterocycles. The topological polar surface area (TPSA) is 70.1 Å². The second-order valence-corrected chi connectivity index (χ2v) is 8.70. The summed E-state index contributed by atoms with van der Waals surface area (Å²) in [7, 11) is 0. The molecule has 156 valence electrons. The van der Waals surface area contributed by atoms with Crippen molar-refractivity contribution in [3.05, 3.63) is 87.9 Å². The molecule has 1 N–H and O–H groups in total. The lowest BCUT2D eigenvalue weighted by molar-refractivity contribution is -0.126. The van der Waals surface area contributed by atoms with Gasteiger partial charge in [-0.15, -0.1) is 0 Å². The summed E-state index contributed by atoms with van der Waals surface area (Å²) < 4.78 is 0.739. The molecule has 8 heteroatoms. The first-order valence-corrected chi connectivity index (χ1v) is 10.8. The zero-order valence-electron chi connectivity index (χ0n) is 16.0. The van der Waals surface area contributed by atoms with E-state index in [1.165, 1.54) is 0 Å². The van der Waals surface area contributed by atoms with E-state index in [4.69, 9.17) is 16.4 Å². The van der Waals surface area contributed by atoms with Crippen molar-refractivity contribution in [3.8, 4) is 5.75 Å². The first-order chi connectivity index (χ1) is 15.0. The van der Waals surface area contributed by atoms with Gasteiger partial charge in [0.2, 0.25) is 5.91 Å². The fraction of sp³-hybridized carbons (Fsp3) is 0.130. The summed E-state index contributed by atoms with van der Waals surface area (Å²) in [5.41, 5.74) is 1.60. The molecule has 0 saturated carbocycles. The number of carbonyl (C=O) groups is 2. The summed E-state index contributed by atoms with van der Waals surface area (Å²) in [6.07, 6.45) is -1.01. The number of phenols is 1. The van der Waals surface area contributed by atoms with Crippen LogP contribution >= 0.6 is 27.5 Å². The lowest BCUT2D eigenvalue weighted by Gasteiger charge is -2.29. The van der Waals surface area contributed by atoms with E-state index in [-0.39, 0.29) is 11.7 Å². The zero-order valence-corrected chi connectivity index (χ0v) is 18.3. The highest BCUT2D eigenvalue weighted by Crippen LogP contribution is 2.49. The lowest BCUT2D eigenvalue weighted by Crippen LogP contribution is -2.37. The smallest absolute Gasteiger partial charge is 0.266 e. The number of aromatic hydroxyl groups is 1. The van der Waals surface area contributed by atoms with Gasteiger partial charge < -0.3 is 5.11 Å². The van der Waals surface area contributed by atoms with E-state index in [9.17, 15) is 14.7 Å². The van der Waals surface area contributed by atoms with Crippen LogP contribution in [-0.4, -0.2) is 23.0 Å². The van der Waals surface area contributed by atoms with Gasteiger partial charge in [0, 0.05) is 15.1 Å². The molecule has 3 aromatic rings. The predicted octanol–water partition coefficient (Wildman–Crippen LogP) is 4.86. The summed E-state index contributed by atoms with van der Waals surface area (Å²) >= 11 is 9.39. The minimum atomic E-state index is -1.01. The third-order valence-corrected chi connectivity index (χ3v) is 6.26. The predicted molar refractivity (Wildman–Crippen MR) is 120 cm³/mol. The van der Waals surface area contributed by atoms with Crippen LogP contribution in [0.3, 0.4) is 0 Å². The van der Waals surface area contributed by atoms with E-state index < -0.39 is 24.0 Å². The van der Waals surface area contributed by atoms with Gasteiger partial charge in [0.05, 0.1) is 17.4 Å². The fourth-order valence-corrected chi connectivity index (χ4v) is 4.64. The van der Waals surface area contributed by atoms with Crippen molar-refractivity contribution in [1.29, 1.82) is 0 Å². The third-order valence-electron chi connectivity index (χ3n) is 5.52. The first kappa shape index (κ1) is 20.1. The van der Waals surface area contributed by atoms with Crippen LogP contribution in [0.2, 0.25) is 5.02 Å². The SMILES string of the molecule is O=C1[C@H]2[C@@H](c3cc(Br)ccc3O)N(c3ccccc3)O[C@H]2C(=O)N1c1ccc(Cl)cc1. The van der Waals surface area contributed by atoms with E-state index in [0.29, 0.717) is 22.0 Å². The van der Waals surface area contributed by atoms with Crippen molar-refractivity contribution in [3.63, 3.8) is 0 Å². The molecule has 6 nitrogen and oxygen atoms in total. The molecule has 0 aliphatic carbocycles. The van der Waals surface area contributed by atoms with E-state index in [1.54, 1.807) is 47.5 Å². The van der Waals surface area contributed by atoms with Crippen LogP contribution in [0, 0.1) is 5.92 Å². The molecule has 3 atom stereocenters. The van der Waals surface area contributed by atoms with Crippen molar-refractivity contribution in [2.24, 2.45) is 5.92 Å². The molecule has 2 heterocycles. The molecule has 2 amide bonds. The molecule has 2 fully saturated rings. The number of rotatable bonds is 3. The van der Waals surface area contributed by atoms with Crippen LogP contribution < -0.4 is 9.96 Å². The number of carbonyl (C=O) groups excluding carboxylic acids is 2. The summed E-state index contributed by atoms with van der Waals surface area (Å²) in [4.78, 5) is 33.9. The molecule has 0 radical (unpaired) electrons. The molecular weight excluding hydrogens is 484 g/mol. The zero-order chi connectivity index (χ0) is 21.7. The van der Waals surface area contributed by atoms with Gasteiger partial charge in [-0.25, -0.2) is 9.96 Å². The van der Waals surface area contributed by atoms with Gasteiger partial charge in [-0.2, -0.15) is 0 Å². The largest absolute Gasteiger partial charge is 0.508 e. The molecule has 0 spiro atoms. The van der Waals surface area contributed by atoms with Crippen molar-refractivity contribution < 1.29 is 19.5 Å². The quantitative estimate of drug-likeness (QED) is 0.521. The minimum Gasteiger partial charge on any atom is -0.508 e. The highest BCUT2D eigenvalue weighted by molar-refractivity contribution is 9.10. The number of hydrogen-bond acceptors (Lipinski definition) is 5. The second kappa shape index (κ2) is 7.67. The summed E-state index contributed by atoms with van der Waals surface area (Å²) in [6.45, 7) is 0. The number of nitrogens with zero attached hydrogens (tertiary/aromatic N) is 2. The fourth-order valence-electron chi connectivity index (χ4n) is 4.14. The summed E-state index contributed by atoms with van der Waals surface area (Å²) in [5, 5.41) is 12.7. The number of halogens is 2. The number of hydroxylamine groups is 1. The van der Waals surface area contributed by atoms with Crippen molar-refractivity contribution >= 4 is 50.7 Å². The third kappa shape index (κ3) is 3.29. The van der Waals surface area contributed by atoms with Crippen molar-refractivity contribution in [2.45, 2.75) is 12.1 Å². The highest BCUT2D eigenvalue weighted by Gasteiger charge is 2.60. The van der Waals surface area contributed by atoms with E-state index in [2.05, 4.69) is 15.9 Å². The van der Waals surface area contributed by atoms with Gasteiger partial charge in [0.15, 0.2) is 6.10 Å². The van der Waals surface area contributed by atoms with Crippen LogP contribution in [0.4, 0.5) is 11.4 Å². The summed E-state index contributed by atoms with van der Waals surface area (Å²) in [5.74, 6) is -1.65. The van der Waals surface area contributed by atoms with E-state index in [1.807, 2.05) is 30.3 Å². The molecule has 2 saturated heterocycles.